The fraction of sp³-hybridized carbons (Fsp3) is 0.231. The Labute approximate surface area is 105 Å². The highest BCUT2D eigenvalue weighted by atomic mass is 15.0. The van der Waals surface area contributed by atoms with E-state index in [4.69, 9.17) is 11.0 Å². The van der Waals surface area contributed by atoms with E-state index in [1.165, 1.54) is 0 Å². The summed E-state index contributed by atoms with van der Waals surface area (Å²) in [6.45, 7) is 5.66. The number of hydrogen-bond donors (Lipinski definition) is 1. The number of aromatic nitrogens is 3. The van der Waals surface area contributed by atoms with Gasteiger partial charge in [0.2, 0.25) is 0 Å². The highest BCUT2D eigenvalue weighted by molar-refractivity contribution is 5.60. The number of nitriles is 1. The Morgan fingerprint density at radius 2 is 1.94 bits per heavy atom. The average molecular weight is 239 g/mol. The third kappa shape index (κ3) is 2.00. The molecule has 90 valence electrons. The second-order valence-electron chi connectivity index (χ2n) is 4.18. The van der Waals surface area contributed by atoms with Crippen molar-refractivity contribution in [3.63, 3.8) is 0 Å². The molecule has 5 heteroatoms. The molecule has 0 radical (unpaired) electrons. The minimum Gasteiger partial charge on any atom is -0.382 e. The van der Waals surface area contributed by atoms with Gasteiger partial charge in [0.15, 0.2) is 5.82 Å². The van der Waals surface area contributed by atoms with Gasteiger partial charge in [-0.3, -0.25) is 4.98 Å². The first-order valence-electron chi connectivity index (χ1n) is 5.50. The second kappa shape index (κ2) is 4.41. The van der Waals surface area contributed by atoms with Crippen molar-refractivity contribution in [3.8, 4) is 17.6 Å². The Kier molecular flexibility index (Phi) is 2.94. The van der Waals surface area contributed by atoms with E-state index in [0.29, 0.717) is 22.8 Å². The molecule has 0 aromatic carbocycles. The molecule has 2 aromatic rings. The number of nitrogens with zero attached hydrogens (tertiary/aromatic N) is 4. The summed E-state index contributed by atoms with van der Waals surface area (Å²) in [5.41, 5.74) is 9.40. The summed E-state index contributed by atoms with van der Waals surface area (Å²) >= 11 is 0. The number of anilines is 1. The first-order chi connectivity index (χ1) is 8.52. The molecule has 0 atom stereocenters. The van der Waals surface area contributed by atoms with Gasteiger partial charge in [0, 0.05) is 6.20 Å². The van der Waals surface area contributed by atoms with E-state index < -0.39 is 0 Å². The zero-order valence-electron chi connectivity index (χ0n) is 10.5. The Bertz CT molecular complexity index is 632. The Balaban J connectivity index is 2.63. The lowest BCUT2D eigenvalue weighted by atomic mass is 10.1. The predicted molar refractivity (Wildman–Crippen MR) is 68.6 cm³/mol. The number of pyridine rings is 1. The topological polar surface area (TPSA) is 88.5 Å². The molecule has 18 heavy (non-hydrogen) atoms. The lowest BCUT2D eigenvalue weighted by Gasteiger charge is -2.07. The summed E-state index contributed by atoms with van der Waals surface area (Å²) in [6.07, 6.45) is 1.76. The maximum Gasteiger partial charge on any atom is 0.180 e. The van der Waals surface area contributed by atoms with E-state index in [2.05, 4.69) is 15.0 Å². The molecule has 0 aliphatic heterocycles. The van der Waals surface area contributed by atoms with E-state index in [-0.39, 0.29) is 5.82 Å². The van der Waals surface area contributed by atoms with Gasteiger partial charge in [-0.25, -0.2) is 9.97 Å². The molecule has 0 amide bonds. The number of nitrogen functional groups attached to an aromatic ring is 1. The molecule has 0 spiro atoms. The highest BCUT2D eigenvalue weighted by Crippen LogP contribution is 2.21. The van der Waals surface area contributed by atoms with Crippen molar-refractivity contribution in [1.82, 2.24) is 15.0 Å². The van der Waals surface area contributed by atoms with Crippen molar-refractivity contribution in [1.29, 1.82) is 5.26 Å². The maximum atomic E-state index is 8.93. The zero-order valence-corrected chi connectivity index (χ0v) is 10.5. The van der Waals surface area contributed by atoms with Gasteiger partial charge < -0.3 is 5.73 Å². The smallest absolute Gasteiger partial charge is 0.180 e. The van der Waals surface area contributed by atoms with Gasteiger partial charge in [-0.2, -0.15) is 5.26 Å². The standard InChI is InChI=1S/C13H13N5/c1-7-4-8(2)11(16-6-7)13-17-9(3)10(5-14)12(15)18-13/h4,6H,1-3H3,(H2,15,17,18). The van der Waals surface area contributed by atoms with Crippen LogP contribution < -0.4 is 5.73 Å². The van der Waals surface area contributed by atoms with E-state index in [9.17, 15) is 0 Å². The minimum absolute atomic E-state index is 0.196. The van der Waals surface area contributed by atoms with Crippen LogP contribution in [0.5, 0.6) is 0 Å². The first-order valence-corrected chi connectivity index (χ1v) is 5.50. The van der Waals surface area contributed by atoms with Crippen molar-refractivity contribution >= 4 is 5.82 Å². The van der Waals surface area contributed by atoms with Crippen molar-refractivity contribution in [2.24, 2.45) is 0 Å². The second-order valence-corrected chi connectivity index (χ2v) is 4.18. The SMILES string of the molecule is Cc1cnc(-c2nc(C)c(C#N)c(N)n2)c(C)c1. The molecule has 0 fully saturated rings. The summed E-state index contributed by atoms with van der Waals surface area (Å²) in [4.78, 5) is 12.8. The van der Waals surface area contributed by atoms with Crippen LogP contribution in [0.2, 0.25) is 0 Å². The van der Waals surface area contributed by atoms with E-state index in [0.717, 1.165) is 11.1 Å². The van der Waals surface area contributed by atoms with Crippen molar-refractivity contribution in [2.45, 2.75) is 20.8 Å². The lowest BCUT2D eigenvalue weighted by molar-refractivity contribution is 1.07. The van der Waals surface area contributed by atoms with Crippen LogP contribution in [0.3, 0.4) is 0 Å². The predicted octanol–water partition coefficient (Wildman–Crippen LogP) is 1.92. The number of nitrogens with two attached hydrogens (primary N) is 1. The fourth-order valence-corrected chi connectivity index (χ4v) is 1.79. The molecular weight excluding hydrogens is 226 g/mol. The van der Waals surface area contributed by atoms with E-state index >= 15 is 0 Å². The third-order valence-electron chi connectivity index (χ3n) is 2.66. The van der Waals surface area contributed by atoms with Crippen LogP contribution in [-0.4, -0.2) is 15.0 Å². The van der Waals surface area contributed by atoms with Crippen LogP contribution in [0.25, 0.3) is 11.5 Å². The molecule has 0 unspecified atom stereocenters. The van der Waals surface area contributed by atoms with Crippen LogP contribution in [0.4, 0.5) is 5.82 Å². The minimum atomic E-state index is 0.196. The molecule has 0 aliphatic carbocycles. The van der Waals surface area contributed by atoms with Crippen molar-refractivity contribution in [2.75, 3.05) is 5.73 Å². The highest BCUT2D eigenvalue weighted by Gasteiger charge is 2.12. The number of hydrogen-bond acceptors (Lipinski definition) is 5. The first kappa shape index (κ1) is 12.0. The quantitative estimate of drug-likeness (QED) is 0.821. The molecule has 2 aromatic heterocycles. The lowest BCUT2D eigenvalue weighted by Crippen LogP contribution is -2.04. The number of aryl methyl sites for hydroxylation is 3. The van der Waals surface area contributed by atoms with Crippen LogP contribution in [0.1, 0.15) is 22.4 Å². The largest absolute Gasteiger partial charge is 0.382 e. The Morgan fingerprint density at radius 1 is 1.22 bits per heavy atom. The van der Waals surface area contributed by atoms with Gasteiger partial charge in [-0.05, 0) is 31.9 Å². The van der Waals surface area contributed by atoms with Gasteiger partial charge in [0.1, 0.15) is 23.1 Å². The maximum absolute atomic E-state index is 8.93. The molecule has 2 rings (SSSR count). The number of rotatable bonds is 1. The molecule has 2 heterocycles. The normalized spacial score (nSPS) is 10.1. The molecular formula is C13H13N5. The summed E-state index contributed by atoms with van der Waals surface area (Å²) in [6, 6.07) is 4.00. The molecule has 0 saturated heterocycles. The average Bonchev–Trinajstić information content (AvgIpc) is 2.28. The third-order valence-corrected chi connectivity index (χ3v) is 2.66. The fourth-order valence-electron chi connectivity index (χ4n) is 1.79. The van der Waals surface area contributed by atoms with Crippen molar-refractivity contribution < 1.29 is 0 Å². The van der Waals surface area contributed by atoms with Crippen LogP contribution in [-0.2, 0) is 0 Å². The van der Waals surface area contributed by atoms with Gasteiger partial charge in [-0.15, -0.1) is 0 Å². The van der Waals surface area contributed by atoms with Gasteiger partial charge in [0.05, 0.1) is 5.69 Å². The molecule has 2 N–H and O–H groups in total. The van der Waals surface area contributed by atoms with Gasteiger partial charge in [-0.1, -0.05) is 6.07 Å². The van der Waals surface area contributed by atoms with Gasteiger partial charge >= 0.3 is 0 Å². The van der Waals surface area contributed by atoms with Crippen LogP contribution in [0, 0.1) is 32.1 Å². The summed E-state index contributed by atoms with van der Waals surface area (Å²) in [5.74, 6) is 0.656. The Hall–Kier alpha value is -2.48. The monoisotopic (exact) mass is 239 g/mol. The van der Waals surface area contributed by atoms with Crippen LogP contribution in [0.15, 0.2) is 12.3 Å². The summed E-state index contributed by atoms with van der Waals surface area (Å²) in [5, 5.41) is 8.93. The molecule has 5 nitrogen and oxygen atoms in total. The van der Waals surface area contributed by atoms with E-state index in [1.807, 2.05) is 26.0 Å². The van der Waals surface area contributed by atoms with Crippen LogP contribution >= 0.6 is 0 Å². The Morgan fingerprint density at radius 3 is 2.50 bits per heavy atom. The molecule has 0 bridgehead atoms. The zero-order chi connectivity index (χ0) is 13.3. The van der Waals surface area contributed by atoms with Crippen molar-refractivity contribution in [3.05, 3.63) is 34.6 Å². The summed E-state index contributed by atoms with van der Waals surface area (Å²) < 4.78 is 0. The van der Waals surface area contributed by atoms with Gasteiger partial charge in [0.25, 0.3) is 0 Å². The molecule has 0 aliphatic rings. The molecule has 0 saturated carbocycles. The summed E-state index contributed by atoms with van der Waals surface area (Å²) in [7, 11) is 0. The van der Waals surface area contributed by atoms with E-state index in [1.54, 1.807) is 13.1 Å².